The van der Waals surface area contributed by atoms with Crippen molar-refractivity contribution >= 4 is 11.6 Å². The predicted octanol–water partition coefficient (Wildman–Crippen LogP) is 3.74. The summed E-state index contributed by atoms with van der Waals surface area (Å²) in [5.74, 6) is 0.321. The van der Waals surface area contributed by atoms with Gasteiger partial charge in [0.1, 0.15) is 11.9 Å². The van der Waals surface area contributed by atoms with Crippen LogP contribution in [0.3, 0.4) is 0 Å². The topological polar surface area (TPSA) is 39.1 Å². The summed E-state index contributed by atoms with van der Waals surface area (Å²) in [5.41, 5.74) is 0.488. The van der Waals surface area contributed by atoms with Gasteiger partial charge in [-0.2, -0.15) is 5.10 Å². The molecular formula is C16H19ClFN3O. The number of piperidine rings is 1. The maximum atomic E-state index is 14.0. The van der Waals surface area contributed by atoms with Crippen molar-refractivity contribution in [3.8, 4) is 5.88 Å². The lowest BCUT2D eigenvalue weighted by atomic mass is 10.1. The van der Waals surface area contributed by atoms with Gasteiger partial charge in [-0.25, -0.2) is 9.07 Å². The molecule has 118 valence electrons. The smallest absolute Gasteiger partial charge is 0.212 e. The van der Waals surface area contributed by atoms with Gasteiger partial charge in [-0.15, -0.1) is 0 Å². The van der Waals surface area contributed by atoms with Crippen LogP contribution in [-0.2, 0) is 0 Å². The van der Waals surface area contributed by atoms with Crippen LogP contribution in [0.2, 0.25) is 5.02 Å². The molecule has 0 spiro atoms. The summed E-state index contributed by atoms with van der Waals surface area (Å²) >= 11 is 5.79. The summed E-state index contributed by atoms with van der Waals surface area (Å²) < 4.78 is 21.8. The van der Waals surface area contributed by atoms with Gasteiger partial charge in [0.25, 0.3) is 0 Å². The number of halogens is 2. The third-order valence-electron chi connectivity index (χ3n) is 3.99. The summed E-state index contributed by atoms with van der Waals surface area (Å²) in [7, 11) is 0. The van der Waals surface area contributed by atoms with Crippen LogP contribution in [0.4, 0.5) is 4.39 Å². The number of aromatic nitrogens is 2. The molecule has 2 heterocycles. The Labute approximate surface area is 134 Å². The first kappa shape index (κ1) is 15.3. The molecule has 0 aliphatic carbocycles. The zero-order valence-corrected chi connectivity index (χ0v) is 13.2. The Bertz CT molecular complexity index is 640. The number of nitrogens with zero attached hydrogens (tertiary/aromatic N) is 2. The van der Waals surface area contributed by atoms with Gasteiger partial charge >= 0.3 is 0 Å². The van der Waals surface area contributed by atoms with Crippen LogP contribution in [-0.4, -0.2) is 22.9 Å². The van der Waals surface area contributed by atoms with E-state index in [-0.39, 0.29) is 5.82 Å². The van der Waals surface area contributed by atoms with E-state index in [1.54, 1.807) is 18.3 Å². The molecule has 0 saturated carbocycles. The highest BCUT2D eigenvalue weighted by Crippen LogP contribution is 2.29. The Morgan fingerprint density at radius 3 is 2.86 bits per heavy atom. The Hall–Kier alpha value is -1.59. The normalized spacial score (nSPS) is 17.4. The Morgan fingerprint density at radius 1 is 1.36 bits per heavy atom. The van der Waals surface area contributed by atoms with Gasteiger partial charge in [-0.3, -0.25) is 0 Å². The second-order valence-corrected chi connectivity index (χ2v) is 5.96. The van der Waals surface area contributed by atoms with Crippen LogP contribution in [0, 0.1) is 5.82 Å². The van der Waals surface area contributed by atoms with E-state index in [9.17, 15) is 4.39 Å². The van der Waals surface area contributed by atoms with Gasteiger partial charge in [-0.1, -0.05) is 17.7 Å². The quantitative estimate of drug-likeness (QED) is 0.931. The zero-order valence-electron chi connectivity index (χ0n) is 12.4. The number of benzene rings is 1. The first-order chi connectivity index (χ1) is 10.6. The molecule has 1 atom stereocenters. The van der Waals surface area contributed by atoms with Crippen molar-refractivity contribution in [1.29, 1.82) is 0 Å². The minimum absolute atomic E-state index is 0.327. The fraction of sp³-hybridized carbons (Fsp3) is 0.438. The number of nitrogens with one attached hydrogen (secondary N) is 1. The highest BCUT2D eigenvalue weighted by molar-refractivity contribution is 6.30. The van der Waals surface area contributed by atoms with Crippen LogP contribution in [0.1, 0.15) is 37.5 Å². The molecule has 1 aliphatic heterocycles. The summed E-state index contributed by atoms with van der Waals surface area (Å²) in [6.07, 6.45) is 3.35. The predicted molar refractivity (Wildman–Crippen MR) is 83.8 cm³/mol. The molecular weight excluding hydrogens is 305 g/mol. The van der Waals surface area contributed by atoms with Crippen LogP contribution in [0.15, 0.2) is 30.5 Å². The van der Waals surface area contributed by atoms with Crippen LogP contribution in [0.5, 0.6) is 5.88 Å². The highest BCUT2D eigenvalue weighted by Gasteiger charge is 2.21. The van der Waals surface area contributed by atoms with E-state index in [0.29, 0.717) is 22.5 Å². The van der Waals surface area contributed by atoms with Crippen molar-refractivity contribution in [1.82, 2.24) is 15.1 Å². The molecule has 1 aromatic carbocycles. The SMILES string of the molecule is C[C@@H](Oc1ccnn1C1CCNCC1)c1ccc(Cl)cc1F. The third kappa shape index (κ3) is 3.25. The van der Waals surface area contributed by atoms with Gasteiger partial charge in [0.15, 0.2) is 0 Å². The maximum Gasteiger partial charge on any atom is 0.212 e. The van der Waals surface area contributed by atoms with Crippen molar-refractivity contribution in [3.63, 3.8) is 0 Å². The Morgan fingerprint density at radius 2 is 2.14 bits per heavy atom. The molecule has 1 fully saturated rings. The largest absolute Gasteiger partial charge is 0.470 e. The van der Waals surface area contributed by atoms with Crippen molar-refractivity contribution < 1.29 is 9.13 Å². The molecule has 1 N–H and O–H groups in total. The van der Waals surface area contributed by atoms with E-state index < -0.39 is 6.10 Å². The average molecular weight is 324 g/mol. The van der Waals surface area contributed by atoms with Gasteiger partial charge in [0.2, 0.25) is 5.88 Å². The van der Waals surface area contributed by atoms with E-state index in [1.165, 1.54) is 6.07 Å². The molecule has 1 aromatic heterocycles. The second kappa shape index (κ2) is 6.67. The van der Waals surface area contributed by atoms with E-state index in [1.807, 2.05) is 17.7 Å². The highest BCUT2D eigenvalue weighted by atomic mass is 35.5. The zero-order chi connectivity index (χ0) is 15.5. The molecule has 3 rings (SSSR count). The summed E-state index contributed by atoms with van der Waals surface area (Å²) in [4.78, 5) is 0. The summed E-state index contributed by atoms with van der Waals surface area (Å²) in [6.45, 7) is 3.78. The third-order valence-corrected chi connectivity index (χ3v) is 4.22. The first-order valence-electron chi connectivity index (χ1n) is 7.51. The van der Waals surface area contributed by atoms with Gasteiger partial charge in [-0.05, 0) is 45.0 Å². The summed E-state index contributed by atoms with van der Waals surface area (Å²) in [5, 5.41) is 8.09. The van der Waals surface area contributed by atoms with Gasteiger partial charge in [0.05, 0.1) is 12.2 Å². The van der Waals surface area contributed by atoms with E-state index in [0.717, 1.165) is 25.9 Å². The van der Waals surface area contributed by atoms with Crippen LogP contribution < -0.4 is 10.1 Å². The van der Waals surface area contributed by atoms with Gasteiger partial charge in [0, 0.05) is 16.7 Å². The fourth-order valence-electron chi connectivity index (χ4n) is 2.80. The summed E-state index contributed by atoms with van der Waals surface area (Å²) in [6, 6.07) is 6.79. The number of rotatable bonds is 4. The fourth-order valence-corrected chi connectivity index (χ4v) is 2.96. The second-order valence-electron chi connectivity index (χ2n) is 5.52. The number of hydrogen-bond acceptors (Lipinski definition) is 3. The van der Waals surface area contributed by atoms with Crippen molar-refractivity contribution in [3.05, 3.63) is 46.9 Å². The van der Waals surface area contributed by atoms with Gasteiger partial charge < -0.3 is 10.1 Å². The number of hydrogen-bond donors (Lipinski definition) is 1. The molecule has 1 aliphatic rings. The van der Waals surface area contributed by atoms with Crippen LogP contribution in [0.25, 0.3) is 0 Å². The van der Waals surface area contributed by atoms with E-state index in [4.69, 9.17) is 16.3 Å². The standard InChI is InChI=1S/C16H19ClFN3O/c1-11(14-3-2-12(17)10-15(14)18)22-16-6-9-20-21(16)13-4-7-19-8-5-13/h2-3,6,9-11,13,19H,4-5,7-8H2,1H3/t11-/m1/s1. The molecule has 6 heteroatoms. The minimum atomic E-state index is -0.408. The average Bonchev–Trinajstić information content (AvgIpc) is 2.96. The first-order valence-corrected chi connectivity index (χ1v) is 7.89. The number of ether oxygens (including phenoxy) is 1. The molecule has 4 nitrogen and oxygen atoms in total. The lowest BCUT2D eigenvalue weighted by molar-refractivity contribution is 0.185. The Kier molecular flexibility index (Phi) is 4.64. The molecule has 22 heavy (non-hydrogen) atoms. The molecule has 0 amide bonds. The Balaban J connectivity index is 1.76. The molecule has 0 radical (unpaired) electrons. The van der Waals surface area contributed by atoms with Crippen molar-refractivity contribution in [2.75, 3.05) is 13.1 Å². The van der Waals surface area contributed by atoms with E-state index in [2.05, 4.69) is 10.4 Å². The van der Waals surface area contributed by atoms with Crippen molar-refractivity contribution in [2.24, 2.45) is 0 Å². The maximum absolute atomic E-state index is 14.0. The lowest BCUT2D eigenvalue weighted by Gasteiger charge is -2.25. The molecule has 1 saturated heterocycles. The lowest BCUT2D eigenvalue weighted by Crippen LogP contribution is -2.30. The van der Waals surface area contributed by atoms with E-state index >= 15 is 0 Å². The minimum Gasteiger partial charge on any atom is -0.470 e. The van der Waals surface area contributed by atoms with Crippen molar-refractivity contribution in [2.45, 2.75) is 31.9 Å². The molecule has 0 bridgehead atoms. The van der Waals surface area contributed by atoms with Crippen LogP contribution >= 0.6 is 11.6 Å². The monoisotopic (exact) mass is 323 g/mol. The molecule has 2 aromatic rings. The molecule has 0 unspecified atom stereocenters.